The molecule has 264 valence electrons. The van der Waals surface area contributed by atoms with Crippen molar-refractivity contribution in [2.75, 3.05) is 25.6 Å². The van der Waals surface area contributed by atoms with Crippen molar-refractivity contribution in [2.45, 2.75) is 38.1 Å². The quantitative estimate of drug-likeness (QED) is 0.0653. The van der Waals surface area contributed by atoms with Gasteiger partial charge < -0.3 is 24.6 Å². The van der Waals surface area contributed by atoms with Gasteiger partial charge in [0.1, 0.15) is 11.5 Å². The number of para-hydroxylation sites is 1. The van der Waals surface area contributed by atoms with E-state index in [-0.39, 0.29) is 42.1 Å². The molecule has 1 aliphatic rings. The second-order valence-corrected chi connectivity index (χ2v) is 11.5. The fourth-order valence-corrected chi connectivity index (χ4v) is 5.42. The SMILES string of the molecule is CCOC(=O)C1=NNN(Cc2ccc(OC)cc2)C1(O)C(=O)c1cccc(OCC(CCc2ccccc2)[N+](=O)[O-])c1NC(=O)c1ccccc1. The van der Waals surface area contributed by atoms with E-state index in [1.54, 1.807) is 61.5 Å². The van der Waals surface area contributed by atoms with Gasteiger partial charge in [0.05, 0.1) is 25.0 Å². The number of anilines is 1. The number of aliphatic hydroxyl groups is 1. The highest BCUT2D eigenvalue weighted by atomic mass is 16.6. The summed E-state index contributed by atoms with van der Waals surface area (Å²) in [5.41, 5.74) is 0.541. The molecule has 4 aromatic carbocycles. The number of nitrogens with one attached hydrogen (secondary N) is 2. The van der Waals surface area contributed by atoms with Crippen LogP contribution in [0.2, 0.25) is 0 Å². The molecule has 3 N–H and O–H groups in total. The van der Waals surface area contributed by atoms with Crippen LogP contribution in [0.3, 0.4) is 0 Å². The monoisotopic (exact) mass is 695 g/mol. The van der Waals surface area contributed by atoms with Gasteiger partial charge in [-0.25, -0.2) is 10.3 Å². The van der Waals surface area contributed by atoms with Crippen molar-refractivity contribution in [2.24, 2.45) is 5.10 Å². The molecule has 0 fully saturated rings. The van der Waals surface area contributed by atoms with E-state index in [0.29, 0.717) is 17.7 Å². The summed E-state index contributed by atoms with van der Waals surface area (Å²) in [6.07, 6.45) is 0.582. The Morgan fingerprint density at radius 1 is 0.961 bits per heavy atom. The molecule has 5 rings (SSSR count). The van der Waals surface area contributed by atoms with Crippen LogP contribution in [-0.4, -0.2) is 70.5 Å². The van der Waals surface area contributed by atoms with Crippen LogP contribution in [0.15, 0.2) is 108 Å². The van der Waals surface area contributed by atoms with Crippen LogP contribution in [0, 0.1) is 10.1 Å². The Bertz CT molecular complexity index is 1890. The highest BCUT2D eigenvalue weighted by molar-refractivity contribution is 6.46. The van der Waals surface area contributed by atoms with Gasteiger partial charge in [-0.1, -0.05) is 66.7 Å². The lowest BCUT2D eigenvalue weighted by Gasteiger charge is -2.32. The molecule has 14 nitrogen and oxygen atoms in total. The number of nitrogens with zero attached hydrogens (tertiary/aromatic N) is 3. The average molecular weight is 696 g/mol. The maximum absolute atomic E-state index is 14.6. The van der Waals surface area contributed by atoms with Crippen molar-refractivity contribution in [3.8, 4) is 11.5 Å². The molecule has 1 heterocycles. The van der Waals surface area contributed by atoms with Crippen molar-refractivity contribution in [1.82, 2.24) is 10.5 Å². The Morgan fingerprint density at radius 2 is 1.65 bits per heavy atom. The number of ketones is 1. The second kappa shape index (κ2) is 16.5. The number of carbonyl (C=O) groups excluding carboxylic acids is 3. The van der Waals surface area contributed by atoms with Gasteiger partial charge in [-0.3, -0.25) is 19.7 Å². The fourth-order valence-electron chi connectivity index (χ4n) is 5.42. The molecule has 0 radical (unpaired) electrons. The zero-order chi connectivity index (χ0) is 36.4. The number of amides is 1. The zero-order valence-electron chi connectivity index (χ0n) is 28.0. The smallest absolute Gasteiger partial charge is 0.359 e. The number of carbonyl (C=O) groups is 3. The Kier molecular flexibility index (Phi) is 11.7. The van der Waals surface area contributed by atoms with E-state index in [4.69, 9.17) is 14.2 Å². The molecule has 0 spiro atoms. The summed E-state index contributed by atoms with van der Waals surface area (Å²) in [5.74, 6) is -2.22. The first-order valence-corrected chi connectivity index (χ1v) is 16.1. The van der Waals surface area contributed by atoms with E-state index in [1.807, 2.05) is 30.3 Å². The van der Waals surface area contributed by atoms with E-state index in [9.17, 15) is 29.6 Å². The number of esters is 1. The molecule has 4 aromatic rings. The standard InChI is InChI=1S/C37H37N5O9/c1-3-50-36(45)33-37(46,41(40-39-33)23-26-18-21-29(49-2)22-19-26)34(43)30-15-10-16-31(32(30)38-35(44)27-13-8-5-9-14-27)51-24-28(42(47)48)20-17-25-11-6-4-7-12-25/h4-16,18-19,21-22,28,40,46H,3,17,20,23-24H2,1-2H3,(H,38,44). The first-order valence-electron chi connectivity index (χ1n) is 16.1. The molecule has 1 aliphatic heterocycles. The molecule has 0 saturated heterocycles. The van der Waals surface area contributed by atoms with Crippen LogP contribution in [0.5, 0.6) is 11.5 Å². The van der Waals surface area contributed by atoms with Gasteiger partial charge >= 0.3 is 5.97 Å². The van der Waals surface area contributed by atoms with Crippen LogP contribution in [0.25, 0.3) is 0 Å². The molecular weight excluding hydrogens is 658 g/mol. The second-order valence-electron chi connectivity index (χ2n) is 11.5. The van der Waals surface area contributed by atoms with E-state index < -0.39 is 46.7 Å². The molecule has 2 unspecified atom stereocenters. The first kappa shape index (κ1) is 36.2. The summed E-state index contributed by atoms with van der Waals surface area (Å²) in [6.45, 7) is 0.986. The average Bonchev–Trinajstić information content (AvgIpc) is 3.48. The largest absolute Gasteiger partial charge is 0.497 e. The summed E-state index contributed by atoms with van der Waals surface area (Å²) in [5, 5.41) is 32.0. The highest BCUT2D eigenvalue weighted by Gasteiger charge is 2.55. The van der Waals surface area contributed by atoms with Crippen LogP contribution in [-0.2, 0) is 22.5 Å². The molecule has 2 atom stereocenters. The number of rotatable bonds is 16. The predicted octanol–water partition coefficient (Wildman–Crippen LogP) is 4.42. The van der Waals surface area contributed by atoms with E-state index in [1.165, 1.54) is 25.3 Å². The Balaban J connectivity index is 1.52. The first-order chi connectivity index (χ1) is 24.6. The minimum atomic E-state index is -2.74. The lowest BCUT2D eigenvalue weighted by molar-refractivity contribution is -0.525. The topological polar surface area (TPSA) is 182 Å². The highest BCUT2D eigenvalue weighted by Crippen LogP contribution is 2.35. The van der Waals surface area contributed by atoms with Crippen molar-refractivity contribution in [3.63, 3.8) is 0 Å². The van der Waals surface area contributed by atoms with Crippen molar-refractivity contribution < 1.29 is 38.6 Å². The predicted molar refractivity (Wildman–Crippen MR) is 187 cm³/mol. The third kappa shape index (κ3) is 8.37. The molecule has 1 amide bonds. The summed E-state index contributed by atoms with van der Waals surface area (Å²) in [6, 6.07) is 27.3. The van der Waals surface area contributed by atoms with Gasteiger partial charge in [0.2, 0.25) is 17.5 Å². The molecule has 0 bridgehead atoms. The molecule has 51 heavy (non-hydrogen) atoms. The molecule has 0 aliphatic carbocycles. The maximum atomic E-state index is 14.6. The number of hydrogen-bond acceptors (Lipinski definition) is 12. The minimum Gasteiger partial charge on any atom is -0.497 e. The van der Waals surface area contributed by atoms with Gasteiger partial charge in [0.15, 0.2) is 6.61 Å². The van der Waals surface area contributed by atoms with Gasteiger partial charge in [-0.05, 0) is 60.9 Å². The Hall–Kier alpha value is -6.12. The number of hydrogen-bond donors (Lipinski definition) is 3. The van der Waals surface area contributed by atoms with Crippen LogP contribution < -0.4 is 20.3 Å². The lowest BCUT2D eigenvalue weighted by atomic mass is 9.93. The number of hydrazone groups is 1. The van der Waals surface area contributed by atoms with Crippen molar-refractivity contribution in [3.05, 3.63) is 135 Å². The summed E-state index contributed by atoms with van der Waals surface area (Å²) < 4.78 is 16.3. The maximum Gasteiger partial charge on any atom is 0.359 e. The summed E-state index contributed by atoms with van der Waals surface area (Å²) >= 11 is 0. The molecule has 0 saturated carbocycles. The van der Waals surface area contributed by atoms with Crippen molar-refractivity contribution in [1.29, 1.82) is 0 Å². The van der Waals surface area contributed by atoms with Gasteiger partial charge in [-0.2, -0.15) is 10.1 Å². The number of hydrazine groups is 1. The van der Waals surface area contributed by atoms with E-state index in [0.717, 1.165) is 10.6 Å². The van der Waals surface area contributed by atoms with Gasteiger partial charge in [0.25, 0.3) is 11.6 Å². The van der Waals surface area contributed by atoms with Crippen molar-refractivity contribution >= 4 is 29.1 Å². The van der Waals surface area contributed by atoms with Crippen LogP contribution in [0.1, 0.15) is 45.2 Å². The zero-order valence-corrected chi connectivity index (χ0v) is 28.0. The molecular formula is C37H37N5O9. The third-order valence-electron chi connectivity index (χ3n) is 8.17. The number of benzene rings is 4. The van der Waals surface area contributed by atoms with Crippen LogP contribution >= 0.6 is 0 Å². The number of nitro groups is 1. The summed E-state index contributed by atoms with van der Waals surface area (Å²) in [4.78, 5) is 52.8. The van der Waals surface area contributed by atoms with Crippen LogP contribution in [0.4, 0.5) is 5.69 Å². The molecule has 14 heteroatoms. The summed E-state index contributed by atoms with van der Waals surface area (Å²) in [7, 11) is 1.52. The molecule has 0 aromatic heterocycles. The number of aryl methyl sites for hydroxylation is 1. The Labute approximate surface area is 293 Å². The minimum absolute atomic E-state index is 0.0653. The van der Waals surface area contributed by atoms with Gasteiger partial charge in [0, 0.05) is 23.5 Å². The Morgan fingerprint density at radius 3 is 2.29 bits per heavy atom. The lowest BCUT2D eigenvalue weighted by Crippen LogP contribution is -2.60. The number of methoxy groups -OCH3 is 1. The normalized spacial score (nSPS) is 15.9. The number of ether oxygens (including phenoxy) is 3. The van der Waals surface area contributed by atoms with E-state index in [2.05, 4.69) is 16.0 Å². The fraction of sp³-hybridized carbons (Fsp3) is 0.243. The third-order valence-corrected chi connectivity index (χ3v) is 8.17. The van der Waals surface area contributed by atoms with Gasteiger partial charge in [-0.15, -0.1) is 0 Å². The number of Topliss-reactive ketones (excluding diaryl/α,β-unsaturated/α-hetero) is 1. The van der Waals surface area contributed by atoms with E-state index >= 15 is 0 Å².